The molecule has 0 spiro atoms. The predicted molar refractivity (Wildman–Crippen MR) is 61.5 cm³/mol. The lowest BCUT2D eigenvalue weighted by atomic mass is 10.1. The summed E-state index contributed by atoms with van der Waals surface area (Å²) in [5, 5.41) is 0.419. The molecule has 0 amide bonds. The van der Waals surface area contributed by atoms with Crippen LogP contribution in [0.2, 0.25) is 0 Å². The zero-order valence-electron chi connectivity index (χ0n) is 9.57. The van der Waals surface area contributed by atoms with Gasteiger partial charge < -0.3 is 14.9 Å². The molecule has 0 aliphatic carbocycles. The molecule has 6 heteroatoms. The van der Waals surface area contributed by atoms with Crippen LogP contribution >= 0.6 is 0 Å². The predicted octanol–water partition coefficient (Wildman–Crippen LogP) is 3.13. The van der Waals surface area contributed by atoms with Crippen LogP contribution in [0.3, 0.4) is 0 Å². The molecule has 0 unspecified atom stereocenters. The maximum absolute atomic E-state index is 12.5. The van der Waals surface area contributed by atoms with Crippen molar-refractivity contribution in [3.63, 3.8) is 0 Å². The number of hydrogen-bond donors (Lipinski definition) is 1. The number of fused-ring (bicyclic) bond motifs is 1. The molecule has 0 fully saturated rings. The highest BCUT2D eigenvalue weighted by molar-refractivity contribution is 6.03. The van der Waals surface area contributed by atoms with E-state index in [2.05, 4.69) is 0 Å². The van der Waals surface area contributed by atoms with Gasteiger partial charge in [0.15, 0.2) is 0 Å². The Hall–Kier alpha value is -2.11. The normalized spacial score (nSPS) is 11.1. The number of carbonyl (C=O) groups excluding carboxylic acids is 1. The molecular weight excluding hydrogens is 244 g/mol. The molecule has 0 bridgehead atoms. The van der Waals surface area contributed by atoms with Gasteiger partial charge in [0.25, 0.3) is 6.43 Å². The highest BCUT2D eigenvalue weighted by Gasteiger charge is 2.20. The number of benzene rings is 1. The molecule has 0 saturated carbocycles. The van der Waals surface area contributed by atoms with Crippen LogP contribution < -0.4 is 5.73 Å². The van der Waals surface area contributed by atoms with E-state index in [1.165, 1.54) is 18.2 Å². The van der Waals surface area contributed by atoms with Crippen LogP contribution in [0.5, 0.6) is 0 Å². The fourth-order valence-electron chi connectivity index (χ4n) is 1.62. The van der Waals surface area contributed by atoms with Gasteiger partial charge in [-0.15, -0.1) is 0 Å². The van der Waals surface area contributed by atoms with Gasteiger partial charge in [0.05, 0.1) is 12.3 Å². The van der Waals surface area contributed by atoms with Crippen molar-refractivity contribution in [1.82, 2.24) is 0 Å². The zero-order valence-corrected chi connectivity index (χ0v) is 9.57. The number of alkyl halides is 2. The first-order chi connectivity index (χ1) is 8.54. The lowest BCUT2D eigenvalue weighted by Crippen LogP contribution is -2.05. The zero-order chi connectivity index (χ0) is 13.3. The van der Waals surface area contributed by atoms with Gasteiger partial charge in [0.1, 0.15) is 5.58 Å². The molecule has 0 aliphatic rings. The van der Waals surface area contributed by atoms with Crippen molar-refractivity contribution < 1.29 is 22.7 Å². The van der Waals surface area contributed by atoms with Crippen molar-refractivity contribution in [3.05, 3.63) is 29.5 Å². The first-order valence-corrected chi connectivity index (χ1v) is 5.31. The third-order valence-electron chi connectivity index (χ3n) is 2.47. The average molecular weight is 255 g/mol. The van der Waals surface area contributed by atoms with E-state index in [0.29, 0.717) is 5.39 Å². The third kappa shape index (κ3) is 2.01. The Morgan fingerprint density at radius 1 is 1.50 bits per heavy atom. The molecule has 2 N–H and O–H groups in total. The van der Waals surface area contributed by atoms with E-state index in [0.717, 1.165) is 0 Å². The first kappa shape index (κ1) is 12.3. The minimum absolute atomic E-state index is 0.101. The summed E-state index contributed by atoms with van der Waals surface area (Å²) in [6.07, 6.45) is -2.60. The summed E-state index contributed by atoms with van der Waals surface area (Å²) < 4.78 is 35.0. The number of halogens is 2. The molecule has 18 heavy (non-hydrogen) atoms. The SMILES string of the molecule is CCOC(=O)c1oc2cc(C(F)F)ccc2c1N. The lowest BCUT2D eigenvalue weighted by molar-refractivity contribution is 0.0494. The van der Waals surface area contributed by atoms with Crippen molar-refractivity contribution in [2.24, 2.45) is 0 Å². The van der Waals surface area contributed by atoms with Crippen molar-refractivity contribution >= 4 is 22.6 Å². The Labute approximate surface area is 101 Å². The summed E-state index contributed by atoms with van der Waals surface area (Å²) in [6.45, 7) is 1.82. The summed E-state index contributed by atoms with van der Waals surface area (Å²) in [5.41, 5.74) is 5.77. The second-order valence-electron chi connectivity index (χ2n) is 3.62. The largest absolute Gasteiger partial charge is 0.460 e. The number of esters is 1. The van der Waals surface area contributed by atoms with Crippen LogP contribution in [0.15, 0.2) is 22.6 Å². The number of ether oxygens (including phenoxy) is 1. The van der Waals surface area contributed by atoms with Gasteiger partial charge >= 0.3 is 5.97 Å². The Balaban J connectivity index is 2.52. The van der Waals surface area contributed by atoms with Crippen LogP contribution in [-0.4, -0.2) is 12.6 Å². The van der Waals surface area contributed by atoms with E-state index in [1.807, 2.05) is 0 Å². The molecule has 0 atom stereocenters. The Bertz CT molecular complexity index is 592. The number of rotatable bonds is 3. The average Bonchev–Trinajstić information content (AvgIpc) is 2.66. The van der Waals surface area contributed by atoms with Crippen molar-refractivity contribution in [3.8, 4) is 0 Å². The Morgan fingerprint density at radius 2 is 2.22 bits per heavy atom. The molecule has 2 rings (SSSR count). The van der Waals surface area contributed by atoms with Crippen LogP contribution in [-0.2, 0) is 4.74 Å². The maximum atomic E-state index is 12.5. The van der Waals surface area contributed by atoms with E-state index in [4.69, 9.17) is 14.9 Å². The fourth-order valence-corrected chi connectivity index (χ4v) is 1.62. The van der Waals surface area contributed by atoms with Gasteiger partial charge in [-0.25, -0.2) is 13.6 Å². The summed E-state index contributed by atoms with van der Waals surface area (Å²) in [7, 11) is 0. The summed E-state index contributed by atoms with van der Waals surface area (Å²) in [5.74, 6) is -0.858. The first-order valence-electron chi connectivity index (χ1n) is 5.31. The monoisotopic (exact) mass is 255 g/mol. The molecule has 4 nitrogen and oxygen atoms in total. The number of hydrogen-bond acceptors (Lipinski definition) is 4. The Kier molecular flexibility index (Phi) is 3.18. The van der Waals surface area contributed by atoms with E-state index in [1.54, 1.807) is 6.92 Å². The van der Waals surface area contributed by atoms with Crippen molar-refractivity contribution in [2.45, 2.75) is 13.3 Å². The van der Waals surface area contributed by atoms with Crippen LogP contribution in [0.1, 0.15) is 29.5 Å². The molecule has 0 aliphatic heterocycles. The van der Waals surface area contributed by atoms with Gasteiger partial charge in [-0.3, -0.25) is 0 Å². The second-order valence-corrected chi connectivity index (χ2v) is 3.62. The van der Waals surface area contributed by atoms with E-state index >= 15 is 0 Å². The van der Waals surface area contributed by atoms with Crippen molar-refractivity contribution in [2.75, 3.05) is 12.3 Å². The van der Waals surface area contributed by atoms with Gasteiger partial charge in [-0.1, -0.05) is 6.07 Å². The smallest absolute Gasteiger partial charge is 0.376 e. The molecule has 1 heterocycles. The molecule has 2 aromatic rings. The number of anilines is 1. The van der Waals surface area contributed by atoms with Gasteiger partial charge in [0.2, 0.25) is 5.76 Å². The summed E-state index contributed by atoms with van der Waals surface area (Å²) in [4.78, 5) is 11.5. The highest BCUT2D eigenvalue weighted by Crippen LogP contribution is 2.31. The molecular formula is C12H11F2NO3. The van der Waals surface area contributed by atoms with Crippen LogP contribution in [0.4, 0.5) is 14.5 Å². The fraction of sp³-hybridized carbons (Fsp3) is 0.250. The number of carbonyl (C=O) groups is 1. The quantitative estimate of drug-likeness (QED) is 0.855. The highest BCUT2D eigenvalue weighted by atomic mass is 19.3. The summed E-state index contributed by atoms with van der Waals surface area (Å²) in [6, 6.07) is 3.81. The van der Waals surface area contributed by atoms with Gasteiger partial charge in [-0.2, -0.15) is 0 Å². The third-order valence-corrected chi connectivity index (χ3v) is 2.47. The number of nitrogens with two attached hydrogens (primary N) is 1. The number of nitrogen functional groups attached to an aromatic ring is 1. The lowest BCUT2D eigenvalue weighted by Gasteiger charge is -1.97. The van der Waals surface area contributed by atoms with Gasteiger partial charge in [-0.05, 0) is 19.1 Å². The summed E-state index contributed by atoms with van der Waals surface area (Å²) >= 11 is 0. The molecule has 0 radical (unpaired) electrons. The maximum Gasteiger partial charge on any atom is 0.376 e. The van der Waals surface area contributed by atoms with Crippen LogP contribution in [0, 0.1) is 0 Å². The minimum Gasteiger partial charge on any atom is -0.460 e. The minimum atomic E-state index is -2.60. The Morgan fingerprint density at radius 3 is 2.83 bits per heavy atom. The molecule has 96 valence electrons. The molecule has 1 aromatic carbocycles. The molecule has 1 aromatic heterocycles. The van der Waals surface area contributed by atoms with Crippen molar-refractivity contribution in [1.29, 1.82) is 0 Å². The van der Waals surface area contributed by atoms with E-state index < -0.39 is 12.4 Å². The molecule has 0 saturated heterocycles. The van der Waals surface area contributed by atoms with Gasteiger partial charge in [0, 0.05) is 10.9 Å². The topological polar surface area (TPSA) is 65.5 Å². The van der Waals surface area contributed by atoms with Crippen LogP contribution in [0.25, 0.3) is 11.0 Å². The number of furan rings is 1. The standard InChI is InChI=1S/C12H11F2NO3/c1-2-17-12(16)10-9(15)7-4-3-6(11(13)14)5-8(7)18-10/h3-5,11H,2,15H2,1H3. The second kappa shape index (κ2) is 4.64. The van der Waals surface area contributed by atoms with E-state index in [-0.39, 0.29) is 29.2 Å². The van der Waals surface area contributed by atoms with E-state index in [9.17, 15) is 13.6 Å².